The largest absolute Gasteiger partial charge is 0.444 e. The van der Waals surface area contributed by atoms with Crippen LogP contribution in [0.4, 0.5) is 14.9 Å². The number of H-pyrrole nitrogens is 1. The molecular formula is C31H30FN5O4. The van der Waals surface area contributed by atoms with Crippen molar-refractivity contribution >= 4 is 34.5 Å². The van der Waals surface area contributed by atoms with Crippen molar-refractivity contribution in [2.75, 3.05) is 18.4 Å². The maximum absolute atomic E-state index is 13.5. The predicted molar refractivity (Wildman–Crippen MR) is 151 cm³/mol. The first-order valence-electron chi connectivity index (χ1n) is 13.6. The van der Waals surface area contributed by atoms with Gasteiger partial charge < -0.3 is 19.9 Å². The first-order chi connectivity index (χ1) is 19.5. The molecular weight excluding hydrogens is 525 g/mol. The number of nitrogens with zero attached hydrogens (tertiary/aromatic N) is 3. The third-order valence-electron chi connectivity index (χ3n) is 7.83. The molecule has 1 saturated heterocycles. The molecule has 10 heteroatoms. The minimum Gasteiger partial charge on any atom is -0.444 e. The second-order valence-corrected chi connectivity index (χ2v) is 11.8. The summed E-state index contributed by atoms with van der Waals surface area (Å²) in [5.74, 6) is -0.870. The van der Waals surface area contributed by atoms with E-state index in [0.717, 1.165) is 33.8 Å². The van der Waals surface area contributed by atoms with Crippen LogP contribution in [0, 0.1) is 5.82 Å². The summed E-state index contributed by atoms with van der Waals surface area (Å²) in [5.41, 5.74) is 3.73. The van der Waals surface area contributed by atoms with Crippen molar-refractivity contribution in [2.24, 2.45) is 0 Å². The Morgan fingerprint density at radius 2 is 1.85 bits per heavy atom. The lowest BCUT2D eigenvalue weighted by atomic mass is 9.73. The molecule has 1 spiro atoms. The molecule has 1 aliphatic carbocycles. The molecule has 41 heavy (non-hydrogen) atoms. The monoisotopic (exact) mass is 555 g/mol. The van der Waals surface area contributed by atoms with Gasteiger partial charge in [-0.2, -0.15) is 0 Å². The molecule has 9 nitrogen and oxygen atoms in total. The number of aromatic amines is 1. The average molecular weight is 556 g/mol. The van der Waals surface area contributed by atoms with E-state index >= 15 is 0 Å². The number of halogens is 1. The SMILES string of the molecule is CC(C)(C)OC(=O)N1CCC2(CC1)CC(=O)c1ccc(-c3c[nH]c4ncc(C(=O)Nc5cncc(F)c5)cc34)cc12. The van der Waals surface area contributed by atoms with Gasteiger partial charge in [0, 0.05) is 59.9 Å². The summed E-state index contributed by atoms with van der Waals surface area (Å²) in [6, 6.07) is 8.79. The minimum atomic E-state index is -0.567. The predicted octanol–water partition coefficient (Wildman–Crippen LogP) is 5.87. The molecule has 0 bridgehead atoms. The number of likely N-dealkylation sites (tertiary alicyclic amines) is 1. The van der Waals surface area contributed by atoms with Crippen molar-refractivity contribution in [3.63, 3.8) is 0 Å². The molecule has 1 aliphatic heterocycles. The van der Waals surface area contributed by atoms with E-state index in [0.29, 0.717) is 43.6 Å². The number of ketones is 1. The summed E-state index contributed by atoms with van der Waals surface area (Å²) in [6.45, 7) is 6.58. The van der Waals surface area contributed by atoms with Gasteiger partial charge in [0.1, 0.15) is 17.1 Å². The highest BCUT2D eigenvalue weighted by molar-refractivity contribution is 6.07. The van der Waals surface area contributed by atoms with E-state index in [-0.39, 0.29) is 23.0 Å². The quantitative estimate of drug-likeness (QED) is 0.327. The van der Waals surface area contributed by atoms with Crippen molar-refractivity contribution in [3.05, 3.63) is 77.6 Å². The van der Waals surface area contributed by atoms with Gasteiger partial charge in [-0.3, -0.25) is 14.6 Å². The van der Waals surface area contributed by atoms with Crippen LogP contribution in [0.5, 0.6) is 0 Å². The van der Waals surface area contributed by atoms with Gasteiger partial charge in [0.15, 0.2) is 5.78 Å². The highest BCUT2D eigenvalue weighted by Gasteiger charge is 2.46. The van der Waals surface area contributed by atoms with Crippen LogP contribution < -0.4 is 5.32 Å². The molecule has 3 aromatic heterocycles. The number of anilines is 1. The van der Waals surface area contributed by atoms with E-state index < -0.39 is 17.3 Å². The molecule has 0 saturated carbocycles. The smallest absolute Gasteiger partial charge is 0.410 e. The summed E-state index contributed by atoms with van der Waals surface area (Å²) < 4.78 is 19.1. The van der Waals surface area contributed by atoms with Gasteiger partial charge in [0.25, 0.3) is 5.91 Å². The van der Waals surface area contributed by atoms with E-state index in [9.17, 15) is 18.8 Å². The van der Waals surface area contributed by atoms with Crippen molar-refractivity contribution in [3.8, 4) is 11.1 Å². The summed E-state index contributed by atoms with van der Waals surface area (Å²) in [7, 11) is 0. The number of fused-ring (bicyclic) bond motifs is 3. The molecule has 4 heterocycles. The Labute approximate surface area is 236 Å². The zero-order valence-corrected chi connectivity index (χ0v) is 23.1. The van der Waals surface area contributed by atoms with Crippen LogP contribution in [-0.2, 0) is 10.2 Å². The van der Waals surface area contributed by atoms with Gasteiger partial charge in [-0.15, -0.1) is 0 Å². The maximum Gasteiger partial charge on any atom is 0.410 e. The second-order valence-electron chi connectivity index (χ2n) is 11.8. The average Bonchev–Trinajstić information content (AvgIpc) is 3.46. The standard InChI is InChI=1S/C31H30FN5O4/c1-30(2,3)41-29(40)37-8-6-31(7-9-37)13-26(38)22-5-4-18(11-25(22)31)24-17-35-27-23(24)10-19(14-34-27)28(39)36-21-12-20(32)15-33-16-21/h4-5,10-12,14-17H,6-9,13H2,1-3H3,(H,34,35)(H,36,39). The summed E-state index contributed by atoms with van der Waals surface area (Å²) in [5, 5.41) is 3.39. The number of carbonyl (C=O) groups excluding carboxylic acids is 3. The van der Waals surface area contributed by atoms with E-state index in [4.69, 9.17) is 4.74 Å². The van der Waals surface area contributed by atoms with Crippen LogP contribution in [0.3, 0.4) is 0 Å². The molecule has 1 aromatic carbocycles. The zero-order valence-electron chi connectivity index (χ0n) is 23.1. The Hall–Kier alpha value is -4.60. The molecule has 6 rings (SSSR count). The topological polar surface area (TPSA) is 117 Å². The number of aromatic nitrogens is 3. The van der Waals surface area contributed by atoms with Gasteiger partial charge in [-0.05, 0) is 56.9 Å². The Bertz CT molecular complexity index is 1700. The lowest BCUT2D eigenvalue weighted by Crippen LogP contribution is -2.46. The van der Waals surface area contributed by atoms with Gasteiger partial charge in [0.05, 0.1) is 23.6 Å². The summed E-state index contributed by atoms with van der Waals surface area (Å²) >= 11 is 0. The van der Waals surface area contributed by atoms with Crippen LogP contribution in [0.25, 0.3) is 22.2 Å². The van der Waals surface area contributed by atoms with E-state index in [1.807, 2.05) is 39.1 Å². The van der Waals surface area contributed by atoms with Crippen molar-refractivity contribution in [1.29, 1.82) is 0 Å². The second kappa shape index (κ2) is 9.79. The van der Waals surface area contributed by atoms with Crippen LogP contribution in [0.2, 0.25) is 0 Å². The van der Waals surface area contributed by atoms with Crippen molar-refractivity contribution in [2.45, 2.75) is 51.0 Å². The number of rotatable bonds is 3. The third-order valence-corrected chi connectivity index (χ3v) is 7.83. The van der Waals surface area contributed by atoms with E-state index in [2.05, 4.69) is 26.3 Å². The van der Waals surface area contributed by atoms with Gasteiger partial charge in [0.2, 0.25) is 0 Å². The molecule has 210 valence electrons. The Balaban J connectivity index is 1.28. The first kappa shape index (κ1) is 26.6. The molecule has 4 aromatic rings. The van der Waals surface area contributed by atoms with Gasteiger partial charge >= 0.3 is 6.09 Å². The van der Waals surface area contributed by atoms with E-state index in [1.54, 1.807) is 11.0 Å². The summed E-state index contributed by atoms with van der Waals surface area (Å²) in [4.78, 5) is 51.6. The number of pyridine rings is 2. The third kappa shape index (κ3) is 5.05. The molecule has 1 fully saturated rings. The maximum atomic E-state index is 13.5. The molecule has 0 unspecified atom stereocenters. The lowest BCUT2D eigenvalue weighted by molar-refractivity contribution is 0.0165. The number of carbonyl (C=O) groups is 3. The minimum absolute atomic E-state index is 0.114. The number of hydrogen-bond donors (Lipinski definition) is 2. The first-order valence-corrected chi connectivity index (χ1v) is 13.6. The van der Waals surface area contributed by atoms with Crippen molar-refractivity contribution < 1.29 is 23.5 Å². The number of ether oxygens (including phenoxy) is 1. The van der Waals surface area contributed by atoms with Gasteiger partial charge in [-0.1, -0.05) is 12.1 Å². The number of amides is 2. The number of hydrogen-bond acceptors (Lipinski definition) is 6. The molecule has 2 aliphatic rings. The van der Waals surface area contributed by atoms with Crippen molar-refractivity contribution in [1.82, 2.24) is 19.9 Å². The Morgan fingerprint density at radius 3 is 2.59 bits per heavy atom. The number of piperidine rings is 1. The van der Waals surface area contributed by atoms with Crippen LogP contribution >= 0.6 is 0 Å². The summed E-state index contributed by atoms with van der Waals surface area (Å²) in [6.07, 6.45) is 7.16. The fourth-order valence-electron chi connectivity index (χ4n) is 5.83. The van der Waals surface area contributed by atoms with Crippen LogP contribution in [-0.4, -0.2) is 56.3 Å². The number of nitrogens with one attached hydrogen (secondary N) is 2. The highest BCUT2D eigenvalue weighted by atomic mass is 19.1. The molecule has 0 atom stereocenters. The molecule has 0 radical (unpaired) electrons. The number of benzene rings is 1. The van der Waals surface area contributed by atoms with Crippen LogP contribution in [0.15, 0.2) is 55.1 Å². The Kier molecular flexibility index (Phi) is 6.36. The Morgan fingerprint density at radius 1 is 1.07 bits per heavy atom. The molecule has 2 amide bonds. The molecule has 2 N–H and O–H groups in total. The van der Waals surface area contributed by atoms with E-state index in [1.165, 1.54) is 18.5 Å². The number of Topliss-reactive ketones (excluding diaryl/α,β-unsaturated/α-hetero) is 1. The van der Waals surface area contributed by atoms with Crippen LogP contribution in [0.1, 0.15) is 66.3 Å². The fourth-order valence-corrected chi connectivity index (χ4v) is 5.83. The fraction of sp³-hybridized carbons (Fsp3) is 0.323. The van der Waals surface area contributed by atoms with Gasteiger partial charge in [-0.25, -0.2) is 14.2 Å². The lowest BCUT2D eigenvalue weighted by Gasteiger charge is -2.40. The highest BCUT2D eigenvalue weighted by Crippen LogP contribution is 2.48. The normalized spacial score (nSPS) is 16.2. The zero-order chi connectivity index (χ0) is 28.9.